The van der Waals surface area contributed by atoms with E-state index in [-0.39, 0.29) is 53.9 Å². The summed E-state index contributed by atoms with van der Waals surface area (Å²) >= 11 is 0. The van der Waals surface area contributed by atoms with Crippen molar-refractivity contribution >= 4 is 76.9 Å². The van der Waals surface area contributed by atoms with Gasteiger partial charge in [-0.2, -0.15) is 11.4 Å². The molecule has 3 aliphatic rings. The van der Waals surface area contributed by atoms with Gasteiger partial charge in [0.25, 0.3) is 0 Å². The van der Waals surface area contributed by atoms with Crippen LogP contribution in [0.25, 0.3) is 35.2 Å². The molecule has 0 aromatic carbocycles. The van der Waals surface area contributed by atoms with Crippen molar-refractivity contribution in [3.8, 4) is 0 Å². The number of rotatable bonds is 20. The van der Waals surface area contributed by atoms with Crippen molar-refractivity contribution in [2.75, 3.05) is 13.7 Å². The Morgan fingerprint density at radius 2 is 1.55 bits per heavy atom. The van der Waals surface area contributed by atoms with Crippen molar-refractivity contribution in [1.29, 1.82) is 0 Å². The molecular formula is C53H66MgN4O6-2. The Hall–Kier alpha value is -4.61. The summed E-state index contributed by atoms with van der Waals surface area (Å²) in [6.07, 6.45) is 22.3. The molecule has 64 heavy (non-hydrogen) atoms. The number of hydrogen-bond donors (Lipinski definition) is 0. The topological polar surface area (TPSA) is 143 Å². The van der Waals surface area contributed by atoms with Gasteiger partial charge in [-0.3, -0.25) is 19.2 Å². The van der Waals surface area contributed by atoms with Crippen LogP contribution < -0.4 is 25.7 Å². The number of ether oxygens (including phenoxy) is 2. The second-order valence-corrected chi connectivity index (χ2v) is 18.1. The summed E-state index contributed by atoms with van der Waals surface area (Å²) in [6, 6.07) is 0. The van der Waals surface area contributed by atoms with Gasteiger partial charge in [0.15, 0.2) is 5.78 Å². The molecule has 0 saturated carbocycles. The number of carbonyl (C=O) groups excluding carboxylic acids is 4. The number of unbranched alkanes of at least 4 members (excludes halogenated alkanes) is 1. The Balaban J connectivity index is 0.00000771. The number of hydrogen-bond acceptors (Lipinski definition) is 6. The Labute approximate surface area is 396 Å². The second-order valence-electron chi connectivity index (χ2n) is 18.1. The van der Waals surface area contributed by atoms with E-state index in [0.29, 0.717) is 85.9 Å². The monoisotopic (exact) mass is 878 g/mol. The van der Waals surface area contributed by atoms with Crippen LogP contribution in [0.4, 0.5) is 0 Å². The molecule has 5 heterocycles. The van der Waals surface area contributed by atoms with E-state index in [1.54, 1.807) is 12.2 Å². The zero-order valence-electron chi connectivity index (χ0n) is 39.7. The molecule has 338 valence electrons. The molecule has 2 aliphatic heterocycles. The number of aromatic nitrogens is 3. The van der Waals surface area contributed by atoms with Crippen LogP contribution in [0.15, 0.2) is 29.6 Å². The Morgan fingerprint density at radius 1 is 0.875 bits per heavy atom. The SMILES string of the molecule is C=Cc1c2[n-]c(c1C)/C=C1\[N-]/C(=C3\c4[n-]c(c(C)c4C(=O)[C@@H]3C(=O)OC)/C=c3\[n-]/c(c(C=O)c3CC)=C\2)[C@@H](CCC(=O)OC/C=C(\C)CCC[C@H](C)CCC[C@H](C)CCCC)[C@@H]1C.[Mg+2]. The molecule has 0 amide bonds. The molecule has 0 N–H and O–H groups in total. The first-order valence-electron chi connectivity index (χ1n) is 23.2. The number of aldehydes is 1. The molecule has 10 nitrogen and oxygen atoms in total. The molecule has 0 spiro atoms. The number of Topliss-reactive ketones (excluding diaryl/α,β-unsaturated/α-hetero) is 1. The summed E-state index contributed by atoms with van der Waals surface area (Å²) in [5.41, 5.74) is 8.86. The Kier molecular flexibility index (Phi) is 17.7. The number of ketones is 1. The minimum Gasteiger partial charge on any atom is -0.664 e. The fourth-order valence-corrected chi connectivity index (χ4v) is 9.71. The van der Waals surface area contributed by atoms with E-state index in [4.69, 9.17) is 29.7 Å². The molecule has 11 heteroatoms. The molecule has 5 atom stereocenters. The van der Waals surface area contributed by atoms with E-state index in [0.717, 1.165) is 41.7 Å². The molecule has 1 aliphatic carbocycles. The average Bonchev–Trinajstić information content (AvgIpc) is 4.01. The maximum atomic E-state index is 14.3. The molecule has 0 radical (unpaired) electrons. The van der Waals surface area contributed by atoms with Gasteiger partial charge in [0.1, 0.15) is 18.8 Å². The molecule has 1 fully saturated rings. The van der Waals surface area contributed by atoms with E-state index in [2.05, 4.69) is 34.3 Å². The summed E-state index contributed by atoms with van der Waals surface area (Å²) in [5.74, 6) is -1.76. The first-order valence-corrected chi connectivity index (χ1v) is 23.2. The molecule has 3 aromatic rings. The third-order valence-electron chi connectivity index (χ3n) is 13.7. The van der Waals surface area contributed by atoms with Crippen LogP contribution in [0.3, 0.4) is 0 Å². The van der Waals surface area contributed by atoms with Crippen LogP contribution in [-0.2, 0) is 25.5 Å². The van der Waals surface area contributed by atoms with Crippen molar-refractivity contribution in [1.82, 2.24) is 15.0 Å². The van der Waals surface area contributed by atoms with Gasteiger partial charge in [-0.15, -0.1) is 33.5 Å². The smallest absolute Gasteiger partial charge is 0.664 e. The second kappa shape index (κ2) is 22.5. The largest absolute Gasteiger partial charge is 2.00 e. The number of esters is 2. The van der Waals surface area contributed by atoms with Crippen molar-refractivity contribution in [2.24, 2.45) is 29.6 Å². The van der Waals surface area contributed by atoms with E-state index in [1.807, 2.05) is 45.9 Å². The summed E-state index contributed by atoms with van der Waals surface area (Å²) in [5, 5.41) is 6.25. The average molecular weight is 879 g/mol. The fraction of sp³-hybridized carbons (Fsp3) is 0.509. The first kappa shape index (κ1) is 50.4. The van der Waals surface area contributed by atoms with Crippen molar-refractivity contribution < 1.29 is 28.7 Å². The van der Waals surface area contributed by atoms with E-state index in [1.165, 1.54) is 57.6 Å². The van der Waals surface area contributed by atoms with Gasteiger partial charge in [-0.25, -0.2) is 0 Å². The molecule has 0 unspecified atom stereocenters. The summed E-state index contributed by atoms with van der Waals surface area (Å²) < 4.78 is 11.0. The number of allylic oxidation sites excluding steroid dienone is 3. The maximum absolute atomic E-state index is 14.3. The number of methoxy groups -OCH3 is 1. The van der Waals surface area contributed by atoms with E-state index < -0.39 is 17.7 Å². The minimum atomic E-state index is -1.27. The van der Waals surface area contributed by atoms with Gasteiger partial charge in [0.2, 0.25) is 0 Å². The normalized spacial score (nSPS) is 21.6. The molecule has 3 aromatic heterocycles. The predicted octanol–water partition coefficient (Wildman–Crippen LogP) is 9.23. The third kappa shape index (κ3) is 10.7. The predicted molar refractivity (Wildman–Crippen MR) is 256 cm³/mol. The van der Waals surface area contributed by atoms with Crippen molar-refractivity contribution in [3.05, 3.63) is 102 Å². The third-order valence-corrected chi connectivity index (χ3v) is 13.7. The van der Waals surface area contributed by atoms with Gasteiger partial charge < -0.3 is 29.7 Å². The zero-order valence-corrected chi connectivity index (χ0v) is 41.1. The van der Waals surface area contributed by atoms with Crippen molar-refractivity contribution in [2.45, 2.75) is 132 Å². The summed E-state index contributed by atoms with van der Waals surface area (Å²) in [6.45, 7) is 21.2. The van der Waals surface area contributed by atoms with Crippen LogP contribution in [0.5, 0.6) is 0 Å². The quantitative estimate of drug-likeness (QED) is 0.0357. The van der Waals surface area contributed by atoms with E-state index in [9.17, 15) is 19.2 Å². The first-order chi connectivity index (χ1) is 30.3. The summed E-state index contributed by atoms with van der Waals surface area (Å²) in [4.78, 5) is 68.8. The van der Waals surface area contributed by atoms with Crippen LogP contribution >= 0.6 is 0 Å². The van der Waals surface area contributed by atoms with E-state index >= 15 is 0 Å². The van der Waals surface area contributed by atoms with Crippen molar-refractivity contribution in [3.63, 3.8) is 0 Å². The van der Waals surface area contributed by atoms with Gasteiger partial charge in [0.05, 0.1) is 7.11 Å². The van der Waals surface area contributed by atoms with Crippen LogP contribution in [-0.4, -0.2) is 60.8 Å². The molecule has 1 saturated heterocycles. The fourth-order valence-electron chi connectivity index (χ4n) is 9.71. The Bertz CT molecular complexity index is 2460. The van der Waals surface area contributed by atoms with Gasteiger partial charge >= 0.3 is 35.0 Å². The van der Waals surface area contributed by atoms with Crippen LogP contribution in [0.2, 0.25) is 0 Å². The number of nitrogens with zero attached hydrogens (tertiary/aromatic N) is 4. The number of fused-ring (bicyclic) bond motifs is 7. The standard InChI is InChI=1S/C53H67N4O6.Mg/c1-11-14-17-30(4)18-15-19-31(5)20-16-21-32(6)24-25-63-46(59)23-22-38-34(8)41-26-40-33(7)36(12-2)43(54-40)28-45-39(29-58)37(13-3)44(55-45)27-42-35(9)47-51(57-42)48(50(38)56-41)49(52(47)60)53(61)62-10;/h12,24,26-31,34,38,49H,2,11,13-23,25H2,1,3-10H3,(H-,56,57,58,60);/q-3;+2/p-1/b32-24+,41-26-,45-28-;/t30-,31-,34+,38+,49-;/m1./s1. The number of carbonyl (C=O) groups is 4. The van der Waals surface area contributed by atoms with Gasteiger partial charge in [0, 0.05) is 17.5 Å². The maximum Gasteiger partial charge on any atom is 2.00 e. The molecule has 8 bridgehead atoms. The van der Waals surface area contributed by atoms with Crippen LogP contribution in [0.1, 0.15) is 178 Å². The Morgan fingerprint density at radius 3 is 2.20 bits per heavy atom. The van der Waals surface area contributed by atoms with Gasteiger partial charge in [-0.1, -0.05) is 138 Å². The van der Waals surface area contributed by atoms with Gasteiger partial charge in [-0.05, 0) is 81.8 Å². The molecule has 6 rings (SSSR count). The summed E-state index contributed by atoms with van der Waals surface area (Å²) in [7, 11) is 1.27. The minimum absolute atomic E-state index is 0. The van der Waals surface area contributed by atoms with Crippen LogP contribution in [0, 0.1) is 43.4 Å². The molecular weight excluding hydrogens is 813 g/mol. The zero-order chi connectivity index (χ0) is 45.5.